The first-order chi connectivity index (χ1) is 10.3. The molecule has 0 atom stereocenters. The Morgan fingerprint density at radius 3 is 3.14 bits per heavy atom. The number of hydrogen-bond acceptors (Lipinski definition) is 6. The summed E-state index contributed by atoms with van der Waals surface area (Å²) in [6.07, 6.45) is 8.05. The lowest BCUT2D eigenvalue weighted by Crippen LogP contribution is -2.08. The molecule has 3 heterocycles. The molecule has 0 spiro atoms. The highest BCUT2D eigenvalue weighted by atomic mass is 32.1. The van der Waals surface area contributed by atoms with Crippen molar-refractivity contribution in [3.05, 3.63) is 28.1 Å². The van der Waals surface area contributed by atoms with E-state index in [1.165, 1.54) is 28.4 Å². The molecule has 4 rings (SSSR count). The Morgan fingerprint density at radius 2 is 2.24 bits per heavy atom. The van der Waals surface area contributed by atoms with Crippen LogP contribution < -0.4 is 5.32 Å². The summed E-state index contributed by atoms with van der Waals surface area (Å²) in [6, 6.07) is 0. The van der Waals surface area contributed by atoms with E-state index in [0.717, 1.165) is 30.6 Å². The number of anilines is 1. The molecule has 0 saturated carbocycles. The largest absolute Gasteiger partial charge is 0.354 e. The fourth-order valence-corrected chi connectivity index (χ4v) is 3.79. The van der Waals surface area contributed by atoms with Crippen molar-refractivity contribution in [2.24, 2.45) is 7.05 Å². The Bertz CT molecular complexity index is 768. The van der Waals surface area contributed by atoms with Gasteiger partial charge in [0.25, 0.3) is 0 Å². The maximum Gasteiger partial charge on any atom is 0.224 e. The second-order valence-electron chi connectivity index (χ2n) is 5.27. The summed E-state index contributed by atoms with van der Waals surface area (Å²) in [5.41, 5.74) is 2.99. The van der Waals surface area contributed by atoms with E-state index in [-0.39, 0.29) is 0 Å². The lowest BCUT2D eigenvalue weighted by atomic mass is 10.3. The maximum atomic E-state index is 4.70. The molecule has 1 aliphatic rings. The zero-order valence-electron chi connectivity index (χ0n) is 11.8. The fourth-order valence-electron chi connectivity index (χ4n) is 2.64. The van der Waals surface area contributed by atoms with Crippen molar-refractivity contribution in [2.75, 3.05) is 11.9 Å². The second-order valence-corrected chi connectivity index (χ2v) is 6.43. The van der Waals surface area contributed by atoms with Gasteiger partial charge in [0, 0.05) is 24.9 Å². The number of thiazole rings is 1. The molecule has 0 fully saturated rings. The van der Waals surface area contributed by atoms with Gasteiger partial charge in [-0.3, -0.25) is 0 Å². The molecule has 7 heteroatoms. The topological polar surface area (TPSA) is 68.5 Å². The molecule has 1 aliphatic carbocycles. The third-order valence-electron chi connectivity index (χ3n) is 3.72. The van der Waals surface area contributed by atoms with Crippen LogP contribution in [0.3, 0.4) is 0 Å². The van der Waals surface area contributed by atoms with Crippen molar-refractivity contribution in [2.45, 2.75) is 25.7 Å². The lowest BCUT2D eigenvalue weighted by Gasteiger charge is -2.03. The van der Waals surface area contributed by atoms with Gasteiger partial charge in [0.05, 0.1) is 23.2 Å². The van der Waals surface area contributed by atoms with Crippen LogP contribution >= 0.6 is 11.3 Å². The molecule has 0 unspecified atom stereocenters. The number of rotatable bonds is 4. The van der Waals surface area contributed by atoms with E-state index in [1.54, 1.807) is 12.5 Å². The van der Waals surface area contributed by atoms with E-state index in [9.17, 15) is 0 Å². The highest BCUT2D eigenvalue weighted by Crippen LogP contribution is 2.27. The lowest BCUT2D eigenvalue weighted by molar-refractivity contribution is 0.884. The minimum atomic E-state index is 0.648. The molecule has 6 nitrogen and oxygen atoms in total. The van der Waals surface area contributed by atoms with Crippen molar-refractivity contribution in [1.82, 2.24) is 24.5 Å². The van der Waals surface area contributed by atoms with Crippen LogP contribution in [-0.2, 0) is 26.3 Å². The first-order valence-electron chi connectivity index (χ1n) is 7.15. The van der Waals surface area contributed by atoms with Crippen LogP contribution in [0.15, 0.2) is 12.5 Å². The molecule has 0 radical (unpaired) electrons. The number of imidazole rings is 1. The molecule has 0 bridgehead atoms. The van der Waals surface area contributed by atoms with Crippen LogP contribution in [0.4, 0.5) is 5.95 Å². The molecule has 0 aromatic carbocycles. The Hall–Kier alpha value is -2.02. The molecule has 3 aromatic heterocycles. The van der Waals surface area contributed by atoms with Gasteiger partial charge >= 0.3 is 0 Å². The molecule has 3 aromatic rings. The smallest absolute Gasteiger partial charge is 0.224 e. The van der Waals surface area contributed by atoms with Crippen molar-refractivity contribution >= 4 is 28.4 Å². The number of aryl methyl sites for hydroxylation is 3. The predicted octanol–water partition coefficient (Wildman–Crippen LogP) is 1.96. The average molecular weight is 300 g/mol. The minimum absolute atomic E-state index is 0.648. The number of fused-ring (bicyclic) bond motifs is 2. The van der Waals surface area contributed by atoms with Crippen LogP contribution in [0.25, 0.3) is 11.2 Å². The van der Waals surface area contributed by atoms with Gasteiger partial charge in [0.1, 0.15) is 5.52 Å². The summed E-state index contributed by atoms with van der Waals surface area (Å²) < 4.78 is 1.90. The van der Waals surface area contributed by atoms with Crippen molar-refractivity contribution < 1.29 is 0 Å². The first kappa shape index (κ1) is 12.7. The number of nitrogens with zero attached hydrogens (tertiary/aromatic N) is 5. The summed E-state index contributed by atoms with van der Waals surface area (Å²) in [4.78, 5) is 19.2. The summed E-state index contributed by atoms with van der Waals surface area (Å²) in [7, 11) is 1.93. The van der Waals surface area contributed by atoms with E-state index < -0.39 is 0 Å². The summed E-state index contributed by atoms with van der Waals surface area (Å²) in [5, 5.41) is 4.49. The van der Waals surface area contributed by atoms with Gasteiger partial charge < -0.3 is 9.88 Å². The maximum absolute atomic E-state index is 4.70. The normalized spacial score (nSPS) is 13.8. The highest BCUT2D eigenvalue weighted by molar-refractivity contribution is 7.11. The number of nitrogens with one attached hydrogen (secondary N) is 1. The fraction of sp³-hybridized carbons (Fsp3) is 0.429. The van der Waals surface area contributed by atoms with Gasteiger partial charge in [-0.05, 0) is 19.3 Å². The molecular formula is C14H16N6S. The summed E-state index contributed by atoms with van der Waals surface area (Å²) in [5.74, 6) is 0.648. The van der Waals surface area contributed by atoms with Crippen LogP contribution in [0.5, 0.6) is 0 Å². The van der Waals surface area contributed by atoms with Crippen LogP contribution in [-0.4, -0.2) is 31.0 Å². The molecular weight excluding hydrogens is 284 g/mol. The third kappa shape index (κ3) is 2.37. The average Bonchev–Trinajstić information content (AvgIpc) is 3.15. The number of hydrogen-bond donors (Lipinski definition) is 1. The molecule has 1 N–H and O–H groups in total. The Balaban J connectivity index is 1.42. The quantitative estimate of drug-likeness (QED) is 0.797. The van der Waals surface area contributed by atoms with Crippen LogP contribution in [0.1, 0.15) is 22.0 Å². The molecule has 0 saturated heterocycles. The molecule has 0 amide bonds. The van der Waals surface area contributed by atoms with Gasteiger partial charge in [0.2, 0.25) is 5.95 Å². The van der Waals surface area contributed by atoms with E-state index >= 15 is 0 Å². The predicted molar refractivity (Wildman–Crippen MR) is 82.6 cm³/mol. The highest BCUT2D eigenvalue weighted by Gasteiger charge is 2.16. The number of aromatic nitrogens is 5. The SMILES string of the molecule is Cn1cnc2cnc(NCCc3nc4c(s3)CCC4)nc21. The van der Waals surface area contributed by atoms with E-state index in [0.29, 0.717) is 5.95 Å². The Labute approximate surface area is 126 Å². The van der Waals surface area contributed by atoms with E-state index in [1.807, 2.05) is 23.0 Å². The van der Waals surface area contributed by atoms with Crippen molar-refractivity contribution in [1.29, 1.82) is 0 Å². The van der Waals surface area contributed by atoms with Gasteiger partial charge in [-0.1, -0.05) is 0 Å². The zero-order chi connectivity index (χ0) is 14.2. The van der Waals surface area contributed by atoms with Crippen LogP contribution in [0.2, 0.25) is 0 Å². The van der Waals surface area contributed by atoms with Gasteiger partial charge in [-0.25, -0.2) is 15.0 Å². The zero-order valence-corrected chi connectivity index (χ0v) is 12.7. The molecule has 108 valence electrons. The van der Waals surface area contributed by atoms with E-state index in [2.05, 4.69) is 20.3 Å². The standard InChI is InChI=1S/C14H16N6S/c1-20-8-17-10-7-16-14(19-13(10)20)15-6-5-12-18-9-3-2-4-11(9)21-12/h7-8H,2-6H2,1H3,(H,15,16,19). The Morgan fingerprint density at radius 1 is 1.29 bits per heavy atom. The summed E-state index contributed by atoms with van der Waals surface area (Å²) >= 11 is 1.86. The summed E-state index contributed by atoms with van der Waals surface area (Å²) in [6.45, 7) is 0.801. The third-order valence-corrected chi connectivity index (χ3v) is 4.93. The molecule has 21 heavy (non-hydrogen) atoms. The monoisotopic (exact) mass is 300 g/mol. The Kier molecular flexibility index (Phi) is 3.07. The van der Waals surface area contributed by atoms with Crippen molar-refractivity contribution in [3.8, 4) is 0 Å². The van der Waals surface area contributed by atoms with Crippen LogP contribution in [0, 0.1) is 0 Å². The van der Waals surface area contributed by atoms with Gasteiger partial charge in [-0.2, -0.15) is 4.98 Å². The first-order valence-corrected chi connectivity index (χ1v) is 7.96. The van der Waals surface area contributed by atoms with Crippen molar-refractivity contribution in [3.63, 3.8) is 0 Å². The van der Waals surface area contributed by atoms with Gasteiger partial charge in [-0.15, -0.1) is 11.3 Å². The van der Waals surface area contributed by atoms with E-state index in [4.69, 9.17) is 4.98 Å². The second kappa shape index (κ2) is 5.07. The minimum Gasteiger partial charge on any atom is -0.354 e. The molecule has 0 aliphatic heterocycles. The van der Waals surface area contributed by atoms with Gasteiger partial charge in [0.15, 0.2) is 5.65 Å².